The molecule has 4 nitrogen and oxygen atoms in total. The van der Waals surface area contributed by atoms with Gasteiger partial charge in [-0.05, 0) is 49.7 Å². The lowest BCUT2D eigenvalue weighted by Crippen LogP contribution is -2.48. The highest BCUT2D eigenvalue weighted by Crippen LogP contribution is 2.30. The van der Waals surface area contributed by atoms with E-state index in [0.717, 1.165) is 11.1 Å². The van der Waals surface area contributed by atoms with E-state index in [4.69, 9.17) is 4.74 Å². The van der Waals surface area contributed by atoms with Crippen molar-refractivity contribution >= 4 is 17.6 Å². The van der Waals surface area contributed by atoms with Crippen molar-refractivity contribution in [1.29, 1.82) is 0 Å². The van der Waals surface area contributed by atoms with Crippen LogP contribution in [0.3, 0.4) is 0 Å². The molecule has 1 heterocycles. The fourth-order valence-corrected chi connectivity index (χ4v) is 2.65. The Morgan fingerprint density at radius 1 is 1.22 bits per heavy atom. The normalized spacial score (nSPS) is 19.7. The number of halogens is 1. The molecule has 0 spiro atoms. The first-order chi connectivity index (χ1) is 10.9. The third-order valence-corrected chi connectivity index (χ3v) is 3.91. The van der Waals surface area contributed by atoms with Gasteiger partial charge in [-0.2, -0.15) is 0 Å². The van der Waals surface area contributed by atoms with Gasteiger partial charge in [-0.15, -0.1) is 0 Å². The van der Waals surface area contributed by atoms with E-state index in [1.807, 2.05) is 19.1 Å². The fourth-order valence-electron chi connectivity index (χ4n) is 2.65. The van der Waals surface area contributed by atoms with E-state index in [-0.39, 0.29) is 5.82 Å². The summed E-state index contributed by atoms with van der Waals surface area (Å²) < 4.78 is 18.3. The molecule has 0 radical (unpaired) electrons. The Kier molecular flexibility index (Phi) is 3.64. The lowest BCUT2D eigenvalue weighted by Gasteiger charge is -2.33. The van der Waals surface area contributed by atoms with Gasteiger partial charge in [-0.3, -0.25) is 4.79 Å². The number of hydrogen-bond donors (Lipinski definition) is 1. The van der Waals surface area contributed by atoms with Gasteiger partial charge < -0.3 is 10.1 Å². The third kappa shape index (κ3) is 2.95. The molecule has 1 atom stereocenters. The largest absolute Gasteiger partial charge is 0.445 e. The van der Waals surface area contributed by atoms with E-state index in [1.165, 1.54) is 24.3 Å². The highest BCUT2D eigenvalue weighted by Gasteiger charge is 2.42. The highest BCUT2D eigenvalue weighted by molar-refractivity contribution is 6.02. The average Bonchev–Trinajstić information content (AvgIpc) is 2.48. The first kappa shape index (κ1) is 15.2. The van der Waals surface area contributed by atoms with E-state index in [9.17, 15) is 14.0 Å². The Morgan fingerprint density at radius 2 is 1.91 bits per heavy atom. The summed E-state index contributed by atoms with van der Waals surface area (Å²) in [5, 5.41) is 2.66. The number of hydrogen-bond acceptors (Lipinski definition) is 3. The van der Waals surface area contributed by atoms with E-state index in [1.54, 1.807) is 13.0 Å². The van der Waals surface area contributed by atoms with Gasteiger partial charge in [0.25, 0.3) is 5.91 Å². The van der Waals surface area contributed by atoms with Crippen LogP contribution in [0.25, 0.3) is 0 Å². The molecule has 118 valence electrons. The summed E-state index contributed by atoms with van der Waals surface area (Å²) in [6, 6.07) is 10.9. The molecular weight excluding hydrogens is 297 g/mol. The van der Waals surface area contributed by atoms with Gasteiger partial charge in [0.05, 0.1) is 5.56 Å². The van der Waals surface area contributed by atoms with E-state index >= 15 is 0 Å². The molecule has 0 aliphatic carbocycles. The second kappa shape index (κ2) is 5.50. The van der Waals surface area contributed by atoms with Crippen molar-refractivity contribution < 1.29 is 18.7 Å². The molecule has 2 aromatic carbocycles. The number of rotatable bonds is 2. The molecule has 1 N–H and O–H groups in total. The molecule has 0 saturated heterocycles. The minimum absolute atomic E-state index is 0.294. The Hall–Kier alpha value is -2.69. The molecule has 2 aromatic rings. The number of ether oxygens (including phenoxy) is 1. The number of cyclic esters (lactones) is 1. The van der Waals surface area contributed by atoms with Crippen LogP contribution in [0.1, 0.15) is 28.4 Å². The maximum absolute atomic E-state index is 12.9. The van der Waals surface area contributed by atoms with Crippen molar-refractivity contribution in [3.05, 3.63) is 65.0 Å². The van der Waals surface area contributed by atoms with Crippen LogP contribution < -0.4 is 5.32 Å². The molecule has 1 aliphatic heterocycles. The number of anilines is 1. The fraction of sp³-hybridized carbons (Fsp3) is 0.222. The van der Waals surface area contributed by atoms with Crippen molar-refractivity contribution in [3.63, 3.8) is 0 Å². The Morgan fingerprint density at radius 3 is 2.61 bits per heavy atom. The van der Waals surface area contributed by atoms with Crippen LogP contribution in [0.4, 0.5) is 10.1 Å². The Bertz CT molecular complexity index is 785. The van der Waals surface area contributed by atoms with Crippen LogP contribution in [-0.2, 0) is 16.0 Å². The summed E-state index contributed by atoms with van der Waals surface area (Å²) in [5.74, 6) is -1.34. The highest BCUT2D eigenvalue weighted by atomic mass is 19.1. The molecule has 5 heteroatoms. The van der Waals surface area contributed by atoms with Crippen LogP contribution in [0.5, 0.6) is 0 Å². The lowest BCUT2D eigenvalue weighted by molar-refractivity contribution is -0.134. The summed E-state index contributed by atoms with van der Waals surface area (Å²) in [4.78, 5) is 24.7. The number of amides is 1. The summed E-state index contributed by atoms with van der Waals surface area (Å²) in [6.07, 6.45) is 0.294. The molecule has 3 rings (SSSR count). The maximum Gasteiger partial charge on any atom is 0.339 e. The number of carbonyl (C=O) groups excluding carboxylic acids is 2. The standard InChI is InChI=1S/C18H16FNO3/c1-11-3-8-15-12(9-11)10-18(2,23-16(15)21)17(22)20-14-6-4-13(19)5-7-14/h3-9H,10H2,1-2H3,(H,20,22). The van der Waals surface area contributed by atoms with Crippen molar-refractivity contribution in [2.75, 3.05) is 5.32 Å². The lowest BCUT2D eigenvalue weighted by atomic mass is 9.88. The Balaban J connectivity index is 1.85. The zero-order valence-corrected chi connectivity index (χ0v) is 12.9. The van der Waals surface area contributed by atoms with Gasteiger partial charge >= 0.3 is 5.97 Å². The van der Waals surface area contributed by atoms with Crippen LogP contribution >= 0.6 is 0 Å². The van der Waals surface area contributed by atoms with Crippen LogP contribution in [0, 0.1) is 12.7 Å². The van der Waals surface area contributed by atoms with E-state index < -0.39 is 17.5 Å². The van der Waals surface area contributed by atoms with Gasteiger partial charge in [0, 0.05) is 12.1 Å². The number of aryl methyl sites for hydroxylation is 1. The summed E-state index contributed by atoms with van der Waals surface area (Å²) in [7, 11) is 0. The third-order valence-electron chi connectivity index (χ3n) is 3.91. The summed E-state index contributed by atoms with van der Waals surface area (Å²) in [6.45, 7) is 3.51. The number of benzene rings is 2. The minimum atomic E-state index is -1.30. The van der Waals surface area contributed by atoms with Crippen LogP contribution in [0.2, 0.25) is 0 Å². The SMILES string of the molecule is Cc1ccc2c(c1)CC(C)(C(=O)Nc1ccc(F)cc1)OC2=O. The van der Waals surface area contributed by atoms with E-state index in [0.29, 0.717) is 17.7 Å². The molecule has 1 amide bonds. The topological polar surface area (TPSA) is 55.4 Å². The maximum atomic E-state index is 12.9. The Labute approximate surface area is 133 Å². The average molecular weight is 313 g/mol. The van der Waals surface area contributed by atoms with Crippen LogP contribution in [0.15, 0.2) is 42.5 Å². The van der Waals surface area contributed by atoms with Crippen molar-refractivity contribution in [1.82, 2.24) is 0 Å². The molecule has 0 saturated carbocycles. The predicted octanol–water partition coefficient (Wildman–Crippen LogP) is 3.24. The quantitative estimate of drug-likeness (QED) is 0.866. The molecule has 1 aliphatic rings. The number of nitrogens with one attached hydrogen (secondary N) is 1. The smallest absolute Gasteiger partial charge is 0.339 e. The summed E-state index contributed by atoms with van der Waals surface area (Å²) >= 11 is 0. The predicted molar refractivity (Wildman–Crippen MR) is 83.7 cm³/mol. The van der Waals surface area contributed by atoms with Gasteiger partial charge in [0.1, 0.15) is 5.82 Å². The summed E-state index contributed by atoms with van der Waals surface area (Å²) in [5.41, 5.74) is 1.44. The second-order valence-electron chi connectivity index (χ2n) is 5.92. The molecule has 0 fully saturated rings. The van der Waals surface area contributed by atoms with Gasteiger partial charge in [-0.25, -0.2) is 9.18 Å². The zero-order valence-electron chi connectivity index (χ0n) is 12.9. The molecule has 1 unspecified atom stereocenters. The van der Waals surface area contributed by atoms with Gasteiger partial charge in [-0.1, -0.05) is 17.7 Å². The van der Waals surface area contributed by atoms with Gasteiger partial charge in [0.15, 0.2) is 5.60 Å². The van der Waals surface area contributed by atoms with Crippen molar-refractivity contribution in [2.24, 2.45) is 0 Å². The number of esters is 1. The molecule has 0 aromatic heterocycles. The number of fused-ring (bicyclic) bond motifs is 1. The number of carbonyl (C=O) groups is 2. The molecular formula is C18H16FNO3. The minimum Gasteiger partial charge on any atom is -0.445 e. The monoisotopic (exact) mass is 313 g/mol. The second-order valence-corrected chi connectivity index (χ2v) is 5.92. The zero-order chi connectivity index (χ0) is 16.6. The van der Waals surface area contributed by atoms with Crippen LogP contribution in [-0.4, -0.2) is 17.5 Å². The first-order valence-electron chi connectivity index (χ1n) is 7.27. The molecule has 0 bridgehead atoms. The van der Waals surface area contributed by atoms with Crippen molar-refractivity contribution in [2.45, 2.75) is 25.9 Å². The molecule has 23 heavy (non-hydrogen) atoms. The van der Waals surface area contributed by atoms with E-state index in [2.05, 4.69) is 5.32 Å². The first-order valence-corrected chi connectivity index (χ1v) is 7.27. The van der Waals surface area contributed by atoms with Gasteiger partial charge in [0.2, 0.25) is 0 Å². The van der Waals surface area contributed by atoms with Crippen molar-refractivity contribution in [3.8, 4) is 0 Å².